The van der Waals surface area contributed by atoms with Gasteiger partial charge < -0.3 is 15.4 Å². The summed E-state index contributed by atoms with van der Waals surface area (Å²) >= 11 is 0. The van der Waals surface area contributed by atoms with Crippen molar-refractivity contribution in [2.45, 2.75) is 19.2 Å². The van der Waals surface area contributed by atoms with Crippen molar-refractivity contribution in [3.8, 4) is 0 Å². The summed E-state index contributed by atoms with van der Waals surface area (Å²) in [6.45, 7) is 1.62. The monoisotopic (exact) mass is 393 g/mol. The average Bonchev–Trinajstić information content (AvgIpc) is 2.66. The Morgan fingerprint density at radius 2 is 1.79 bits per heavy atom. The maximum atomic E-state index is 12.9. The Kier molecular flexibility index (Phi) is 6.75. The van der Waals surface area contributed by atoms with Crippen molar-refractivity contribution in [3.05, 3.63) is 70.8 Å². The number of hydrogen-bond donors (Lipinski definition) is 1. The van der Waals surface area contributed by atoms with Crippen LogP contribution >= 0.6 is 0 Å². The van der Waals surface area contributed by atoms with Crippen LogP contribution in [0.1, 0.15) is 35.3 Å². The number of hydrogen-bond acceptors (Lipinski definition) is 5. The van der Waals surface area contributed by atoms with Crippen LogP contribution in [0, 0.1) is 0 Å². The molecule has 2 rings (SSSR count). The van der Waals surface area contributed by atoms with Crippen molar-refractivity contribution < 1.29 is 27.6 Å². The van der Waals surface area contributed by atoms with Gasteiger partial charge in [0.2, 0.25) is 0 Å². The first-order valence-corrected chi connectivity index (χ1v) is 8.10. The van der Waals surface area contributed by atoms with Crippen molar-refractivity contribution in [2.24, 2.45) is 16.0 Å². The van der Waals surface area contributed by atoms with Gasteiger partial charge in [0.05, 0.1) is 5.56 Å². The van der Waals surface area contributed by atoms with Gasteiger partial charge in [-0.05, 0) is 24.6 Å². The largest absolute Gasteiger partial charge is 0.416 e. The molecule has 0 bridgehead atoms. The molecule has 0 fully saturated rings. The summed E-state index contributed by atoms with van der Waals surface area (Å²) < 4.78 is 38.6. The van der Waals surface area contributed by atoms with Gasteiger partial charge in [-0.15, -0.1) is 0 Å². The van der Waals surface area contributed by atoms with Gasteiger partial charge in [-0.2, -0.15) is 13.2 Å². The summed E-state index contributed by atoms with van der Waals surface area (Å²) in [5.41, 5.74) is 5.58. The fraction of sp³-hybridized carbons (Fsp3) is 0.211. The first kappa shape index (κ1) is 20.9. The highest BCUT2D eigenvalue weighted by molar-refractivity contribution is 6.45. The summed E-state index contributed by atoms with van der Waals surface area (Å²) in [6, 6.07) is 11.0. The Balaban J connectivity index is 2.59. The zero-order chi connectivity index (χ0) is 20.7. The predicted molar refractivity (Wildman–Crippen MR) is 97.7 cm³/mol. The third-order valence-corrected chi connectivity index (χ3v) is 3.73. The van der Waals surface area contributed by atoms with Crippen molar-refractivity contribution >= 4 is 17.8 Å². The van der Waals surface area contributed by atoms with Crippen molar-refractivity contribution in [1.29, 1.82) is 0 Å². The number of primary amides is 1. The number of rotatable bonds is 7. The van der Waals surface area contributed by atoms with E-state index in [1.807, 2.05) is 0 Å². The minimum Gasteiger partial charge on any atom is -0.398 e. The number of halogens is 3. The maximum Gasteiger partial charge on any atom is 0.416 e. The van der Waals surface area contributed by atoms with E-state index in [2.05, 4.69) is 15.1 Å². The summed E-state index contributed by atoms with van der Waals surface area (Å²) in [4.78, 5) is 22.0. The molecule has 0 aliphatic carbocycles. The van der Waals surface area contributed by atoms with Crippen LogP contribution in [0.15, 0.2) is 58.8 Å². The van der Waals surface area contributed by atoms with E-state index in [-0.39, 0.29) is 5.71 Å². The molecule has 6 nitrogen and oxygen atoms in total. The quantitative estimate of drug-likeness (QED) is 0.575. The zero-order valence-electron chi connectivity index (χ0n) is 15.1. The Morgan fingerprint density at radius 3 is 2.32 bits per heavy atom. The summed E-state index contributed by atoms with van der Waals surface area (Å²) in [5, 5.41) is 7.41. The molecule has 2 N–H and O–H groups in total. The lowest BCUT2D eigenvalue weighted by Crippen LogP contribution is -2.26. The van der Waals surface area contributed by atoms with Gasteiger partial charge in [0.1, 0.15) is 7.11 Å². The number of nitrogens with zero attached hydrogens (tertiary/aromatic N) is 2. The molecule has 1 unspecified atom stereocenters. The van der Waals surface area contributed by atoms with Gasteiger partial charge in [0, 0.05) is 17.3 Å². The Morgan fingerprint density at radius 1 is 1.14 bits per heavy atom. The molecule has 148 valence electrons. The van der Waals surface area contributed by atoms with E-state index in [9.17, 15) is 18.0 Å². The molecular weight excluding hydrogens is 375 g/mol. The highest BCUT2D eigenvalue weighted by atomic mass is 19.4. The number of benzene rings is 2. The van der Waals surface area contributed by atoms with E-state index in [0.717, 1.165) is 12.1 Å². The van der Waals surface area contributed by atoms with Crippen LogP contribution in [0.4, 0.5) is 13.2 Å². The summed E-state index contributed by atoms with van der Waals surface area (Å²) in [7, 11) is 1.26. The molecule has 0 aromatic heterocycles. The normalized spacial score (nSPS) is 13.4. The highest BCUT2D eigenvalue weighted by Gasteiger charge is 2.31. The Hall–Kier alpha value is -3.36. The zero-order valence-corrected chi connectivity index (χ0v) is 15.1. The molecule has 0 aliphatic heterocycles. The summed E-state index contributed by atoms with van der Waals surface area (Å²) in [6.07, 6.45) is -3.98. The van der Waals surface area contributed by atoms with Gasteiger partial charge in [0.15, 0.2) is 11.8 Å². The van der Waals surface area contributed by atoms with Gasteiger partial charge in [-0.3, -0.25) is 4.79 Å². The SMILES string of the molecule is CC=NOC(c1ccc(C(F)(F)F)cc1)c1ccccc1C(=NOC)C(N)=O. The molecule has 9 heteroatoms. The van der Waals surface area contributed by atoms with Crippen LogP contribution in [0.3, 0.4) is 0 Å². The molecular formula is C19H18F3N3O3. The number of nitrogens with two attached hydrogens (primary N) is 1. The van der Waals surface area contributed by atoms with Gasteiger partial charge in [-0.25, -0.2) is 0 Å². The molecule has 0 heterocycles. The van der Waals surface area contributed by atoms with Crippen LogP contribution in [-0.4, -0.2) is 24.9 Å². The minimum absolute atomic E-state index is 0.154. The lowest BCUT2D eigenvalue weighted by Gasteiger charge is -2.19. The molecule has 1 amide bonds. The minimum atomic E-state index is -4.46. The average molecular weight is 393 g/mol. The van der Waals surface area contributed by atoms with Crippen LogP contribution in [0.5, 0.6) is 0 Å². The second-order valence-corrected chi connectivity index (χ2v) is 5.54. The maximum absolute atomic E-state index is 12.9. The number of amides is 1. The van der Waals surface area contributed by atoms with E-state index >= 15 is 0 Å². The lowest BCUT2D eigenvalue weighted by molar-refractivity contribution is -0.137. The predicted octanol–water partition coefficient (Wildman–Crippen LogP) is 3.65. The third kappa shape index (κ3) is 4.87. The smallest absolute Gasteiger partial charge is 0.398 e. The van der Waals surface area contributed by atoms with Crippen molar-refractivity contribution in [2.75, 3.05) is 7.11 Å². The first-order valence-electron chi connectivity index (χ1n) is 8.10. The second-order valence-electron chi connectivity index (χ2n) is 5.54. The first-order chi connectivity index (χ1) is 13.3. The van der Waals surface area contributed by atoms with E-state index in [1.165, 1.54) is 25.5 Å². The van der Waals surface area contributed by atoms with Crippen molar-refractivity contribution in [3.63, 3.8) is 0 Å². The van der Waals surface area contributed by atoms with Crippen LogP contribution in [-0.2, 0) is 20.6 Å². The van der Waals surface area contributed by atoms with Gasteiger partial charge >= 0.3 is 6.18 Å². The van der Waals surface area contributed by atoms with E-state index < -0.39 is 23.8 Å². The fourth-order valence-electron chi connectivity index (χ4n) is 2.53. The Labute approximate surface area is 159 Å². The molecule has 0 radical (unpaired) electrons. The molecule has 28 heavy (non-hydrogen) atoms. The number of alkyl halides is 3. The highest BCUT2D eigenvalue weighted by Crippen LogP contribution is 2.33. The molecule has 2 aromatic rings. The Bertz CT molecular complexity index is 878. The van der Waals surface area contributed by atoms with Crippen molar-refractivity contribution in [1.82, 2.24) is 0 Å². The third-order valence-electron chi connectivity index (χ3n) is 3.73. The lowest BCUT2D eigenvalue weighted by atomic mass is 9.93. The number of carbonyl (C=O) groups is 1. The molecule has 0 aliphatic rings. The fourth-order valence-corrected chi connectivity index (χ4v) is 2.53. The second kappa shape index (κ2) is 9.03. The number of oxime groups is 2. The van der Waals surface area contributed by atoms with E-state index in [0.29, 0.717) is 16.7 Å². The molecule has 0 spiro atoms. The summed E-state index contributed by atoms with van der Waals surface area (Å²) in [5.74, 6) is -0.834. The number of carbonyl (C=O) groups excluding carboxylic acids is 1. The van der Waals surface area contributed by atoms with Crippen LogP contribution in [0.25, 0.3) is 0 Å². The molecule has 0 saturated carbocycles. The molecule has 1 atom stereocenters. The van der Waals surface area contributed by atoms with Crippen LogP contribution in [0.2, 0.25) is 0 Å². The standard InChI is InChI=1S/C19H18F3N3O3/c1-3-24-28-17(12-8-10-13(11-9-12)19(20,21)22)15-7-5-4-6-14(15)16(18(23)26)25-27-2/h3-11,17H,1-2H3,(H2,23,26). The topological polar surface area (TPSA) is 86.3 Å². The van der Waals surface area contributed by atoms with Gasteiger partial charge in [-0.1, -0.05) is 46.7 Å². The molecule has 0 saturated heterocycles. The molecule has 2 aromatic carbocycles. The van der Waals surface area contributed by atoms with Gasteiger partial charge in [0.25, 0.3) is 5.91 Å². The van der Waals surface area contributed by atoms with Crippen LogP contribution < -0.4 is 5.73 Å². The van der Waals surface area contributed by atoms with E-state index in [4.69, 9.17) is 10.6 Å². The van der Waals surface area contributed by atoms with E-state index in [1.54, 1.807) is 31.2 Å².